The first-order chi connectivity index (χ1) is 12.6. The predicted molar refractivity (Wildman–Crippen MR) is 122 cm³/mol. The van der Waals surface area contributed by atoms with E-state index in [4.69, 9.17) is 9.79 Å². The molecule has 0 aromatic rings. The van der Waals surface area contributed by atoms with Crippen LogP contribution in [0.3, 0.4) is 0 Å². The summed E-state index contributed by atoms with van der Waals surface area (Å²) in [6.07, 6.45) is 23.2. The van der Waals surface area contributed by atoms with Crippen molar-refractivity contribution in [1.29, 1.82) is 0 Å². The van der Waals surface area contributed by atoms with E-state index in [0.29, 0.717) is 5.16 Å². The summed E-state index contributed by atoms with van der Waals surface area (Å²) in [5.74, 6) is 0. The third-order valence-corrected chi connectivity index (χ3v) is 5.43. The first kappa shape index (κ1) is 29.7. The fourth-order valence-corrected chi connectivity index (χ4v) is 3.16. The van der Waals surface area contributed by atoms with Crippen molar-refractivity contribution >= 4 is 17.1 Å². The summed E-state index contributed by atoms with van der Waals surface area (Å²) in [5.41, 5.74) is 0. The molecule has 2 N–H and O–H groups in total. The molecule has 0 aliphatic carbocycles. The van der Waals surface area contributed by atoms with Gasteiger partial charge in [-0.2, -0.15) is 0 Å². The summed E-state index contributed by atoms with van der Waals surface area (Å²) in [4.78, 5) is 15.4. The Balaban J connectivity index is 0. The first-order valence-electron chi connectivity index (χ1n) is 11.0. The van der Waals surface area contributed by atoms with E-state index in [2.05, 4.69) is 34.5 Å². The quantitative estimate of drug-likeness (QED) is 0.185. The van der Waals surface area contributed by atoms with Crippen molar-refractivity contribution in [2.45, 2.75) is 129 Å². The van der Waals surface area contributed by atoms with Gasteiger partial charge in [0.15, 0.2) is 0 Å². The van der Waals surface area contributed by atoms with Gasteiger partial charge in [-0.1, -0.05) is 117 Å². The number of hydrogen-bond donors (Lipinski definition) is 2. The maximum Gasteiger partial charge on any atom is 0.469 e. The molecule has 0 heterocycles. The van der Waals surface area contributed by atoms with E-state index in [1.165, 1.54) is 103 Å². The topological polar surface area (TPSA) is 66.8 Å². The Bertz CT molecular complexity index is 338. The van der Waals surface area contributed by atoms with Crippen LogP contribution in [0.15, 0.2) is 0 Å². The lowest BCUT2D eigenvalue weighted by Crippen LogP contribution is -2.07. The van der Waals surface area contributed by atoms with Gasteiger partial charge in [-0.05, 0) is 11.6 Å². The predicted octanol–water partition coefficient (Wildman–Crippen LogP) is 7.63. The molecule has 1 atom stereocenters. The first-order valence-corrected chi connectivity index (χ1v) is 13.1. The van der Waals surface area contributed by atoms with E-state index in [1.54, 1.807) is 0 Å². The molecule has 0 spiro atoms. The maximum absolute atomic E-state index is 9.47. The average molecular weight is 427 g/mol. The van der Waals surface area contributed by atoms with Crippen LogP contribution in [0, 0.1) is 0 Å². The Kier molecular flexibility index (Phi) is 21.9. The molecule has 0 aliphatic heterocycles. The molecule has 0 saturated heterocycles. The lowest BCUT2D eigenvalue weighted by atomic mass is 10.0. The summed E-state index contributed by atoms with van der Waals surface area (Å²) < 4.78 is 13.1. The highest BCUT2D eigenvalue weighted by atomic mass is 31.2. The average Bonchev–Trinajstić information content (AvgIpc) is 2.57. The lowest BCUT2D eigenvalue weighted by molar-refractivity contribution is 0.235. The fraction of sp³-hybridized carbons (Fsp3) is 1.00. The Morgan fingerprint density at radius 1 is 0.741 bits per heavy atom. The normalized spacial score (nSPS) is 12.0. The standard InChI is InChI=1S/C20H43P.CH5O4P/c1-4-5-6-7-8-9-10-11-12-13-14-15-16-17-18-19-20(2,3)21;1-5-6(2,3)4/h4-19,21H2,1-3H3;1H3,(H2,2,3,4). The second-order valence-electron chi connectivity index (χ2n) is 8.36. The van der Waals surface area contributed by atoms with E-state index in [9.17, 15) is 4.57 Å². The Morgan fingerprint density at radius 2 is 1.00 bits per heavy atom. The van der Waals surface area contributed by atoms with E-state index in [0.717, 1.165) is 7.11 Å². The van der Waals surface area contributed by atoms with Gasteiger partial charge in [-0.15, -0.1) is 9.24 Å². The number of phosphoric acid groups is 1. The van der Waals surface area contributed by atoms with Crippen LogP contribution in [0.1, 0.15) is 124 Å². The van der Waals surface area contributed by atoms with Crippen molar-refractivity contribution in [3.05, 3.63) is 0 Å². The van der Waals surface area contributed by atoms with E-state index in [1.807, 2.05) is 0 Å². The summed E-state index contributed by atoms with van der Waals surface area (Å²) in [5, 5.41) is 0.455. The van der Waals surface area contributed by atoms with E-state index in [-0.39, 0.29) is 0 Å². The molecule has 1 unspecified atom stereocenters. The SMILES string of the molecule is CCCCCCCCCCCCCCCCCC(C)(C)P.COP(=O)(O)O. The minimum Gasteiger partial charge on any atom is -0.303 e. The third-order valence-electron chi connectivity index (χ3n) is 4.66. The van der Waals surface area contributed by atoms with Crippen molar-refractivity contribution < 1.29 is 18.9 Å². The Hall–Kier alpha value is 0.540. The van der Waals surface area contributed by atoms with Gasteiger partial charge in [0.05, 0.1) is 0 Å². The lowest BCUT2D eigenvalue weighted by Gasteiger charge is -2.17. The summed E-state index contributed by atoms with van der Waals surface area (Å²) in [7, 11) is -0.238. The van der Waals surface area contributed by atoms with Gasteiger partial charge < -0.3 is 9.79 Å². The van der Waals surface area contributed by atoms with Crippen LogP contribution in [0.2, 0.25) is 0 Å². The highest BCUT2D eigenvalue weighted by molar-refractivity contribution is 7.46. The number of hydrogen-bond acceptors (Lipinski definition) is 2. The summed E-state index contributed by atoms with van der Waals surface area (Å²) in [6.45, 7) is 6.94. The van der Waals surface area contributed by atoms with Crippen LogP contribution in [-0.4, -0.2) is 22.1 Å². The monoisotopic (exact) mass is 426 g/mol. The Morgan fingerprint density at radius 3 is 1.22 bits per heavy atom. The number of rotatable bonds is 17. The number of phosphoric ester groups is 1. The molecular weight excluding hydrogens is 378 g/mol. The van der Waals surface area contributed by atoms with Crippen LogP contribution in [0.5, 0.6) is 0 Å². The van der Waals surface area contributed by atoms with Crippen LogP contribution < -0.4 is 0 Å². The molecule has 0 aliphatic rings. The van der Waals surface area contributed by atoms with Gasteiger partial charge in [0.2, 0.25) is 0 Å². The zero-order chi connectivity index (χ0) is 21.0. The van der Waals surface area contributed by atoms with Crippen molar-refractivity contribution in [2.75, 3.05) is 7.11 Å². The molecular formula is C21H48O4P2. The highest BCUT2D eigenvalue weighted by Gasteiger charge is 2.08. The second kappa shape index (κ2) is 19.8. The Labute approximate surface area is 172 Å². The molecule has 4 nitrogen and oxygen atoms in total. The molecule has 0 saturated carbocycles. The van der Waals surface area contributed by atoms with Gasteiger partial charge in [-0.25, -0.2) is 4.57 Å². The zero-order valence-corrected chi connectivity index (χ0v) is 20.6. The van der Waals surface area contributed by atoms with Gasteiger partial charge in [0, 0.05) is 7.11 Å². The van der Waals surface area contributed by atoms with Crippen molar-refractivity contribution in [3.8, 4) is 0 Å². The minimum absolute atomic E-state index is 0.455. The van der Waals surface area contributed by atoms with Gasteiger partial charge in [0.25, 0.3) is 0 Å². The molecule has 0 bridgehead atoms. The second-order valence-corrected chi connectivity index (χ2v) is 11.3. The molecule has 0 rings (SSSR count). The van der Waals surface area contributed by atoms with Crippen molar-refractivity contribution in [3.63, 3.8) is 0 Å². The molecule has 166 valence electrons. The zero-order valence-electron chi connectivity index (χ0n) is 18.5. The minimum atomic E-state index is -4.15. The summed E-state index contributed by atoms with van der Waals surface area (Å²) in [6, 6.07) is 0. The van der Waals surface area contributed by atoms with Crippen LogP contribution in [0.4, 0.5) is 0 Å². The van der Waals surface area contributed by atoms with Gasteiger partial charge >= 0.3 is 7.82 Å². The summed E-state index contributed by atoms with van der Waals surface area (Å²) >= 11 is 0. The molecule has 6 heteroatoms. The van der Waals surface area contributed by atoms with Crippen LogP contribution in [-0.2, 0) is 9.09 Å². The van der Waals surface area contributed by atoms with Gasteiger partial charge in [0.1, 0.15) is 0 Å². The molecule has 0 aromatic heterocycles. The molecule has 0 fully saturated rings. The smallest absolute Gasteiger partial charge is 0.303 e. The van der Waals surface area contributed by atoms with Crippen LogP contribution >= 0.6 is 17.1 Å². The molecule has 27 heavy (non-hydrogen) atoms. The largest absolute Gasteiger partial charge is 0.469 e. The fourth-order valence-electron chi connectivity index (χ4n) is 2.95. The third kappa shape index (κ3) is 34.4. The van der Waals surface area contributed by atoms with Crippen molar-refractivity contribution in [1.82, 2.24) is 0 Å². The van der Waals surface area contributed by atoms with Crippen LogP contribution in [0.25, 0.3) is 0 Å². The number of unbranched alkanes of at least 4 members (excludes halogenated alkanes) is 14. The molecule has 0 radical (unpaired) electrons. The highest BCUT2D eigenvalue weighted by Crippen LogP contribution is 2.33. The van der Waals surface area contributed by atoms with E-state index >= 15 is 0 Å². The van der Waals surface area contributed by atoms with E-state index < -0.39 is 7.82 Å². The van der Waals surface area contributed by atoms with Crippen molar-refractivity contribution in [2.24, 2.45) is 0 Å². The van der Waals surface area contributed by atoms with Gasteiger partial charge in [-0.3, -0.25) is 4.52 Å². The molecule has 0 amide bonds. The maximum atomic E-state index is 9.47. The molecule has 0 aromatic carbocycles.